The first-order valence-electron chi connectivity index (χ1n) is 18.4. The van der Waals surface area contributed by atoms with Gasteiger partial charge in [-0.1, -0.05) is 145 Å². The average Bonchev–Trinajstić information content (AvgIpc) is 3.58. The summed E-state index contributed by atoms with van der Waals surface area (Å²) < 4.78 is 2.39. The molecule has 0 amide bonds. The molecule has 2 nitrogen and oxygen atoms in total. The minimum atomic E-state index is 0.955. The van der Waals surface area contributed by atoms with Gasteiger partial charge >= 0.3 is 0 Å². The minimum Gasteiger partial charge on any atom is -0.309 e. The molecule has 54 heavy (non-hydrogen) atoms. The molecular weight excluding hydrogens is 673 g/mol. The summed E-state index contributed by atoms with van der Waals surface area (Å²) in [5.41, 5.74) is 15.0. The van der Waals surface area contributed by atoms with Gasteiger partial charge < -0.3 is 4.57 Å². The van der Waals surface area contributed by atoms with Crippen LogP contribution in [-0.4, -0.2) is 9.55 Å². The third-order valence-corrected chi connectivity index (χ3v) is 11.9. The molecule has 11 rings (SSSR count). The van der Waals surface area contributed by atoms with E-state index in [2.05, 4.69) is 193 Å². The van der Waals surface area contributed by atoms with Gasteiger partial charge in [0.15, 0.2) is 0 Å². The Bertz CT molecular complexity index is 2990. The van der Waals surface area contributed by atoms with Gasteiger partial charge in [0.05, 0.1) is 22.4 Å². The maximum atomic E-state index is 5.17. The number of rotatable bonds is 5. The Balaban J connectivity index is 1.00. The van der Waals surface area contributed by atoms with Crippen LogP contribution in [0.4, 0.5) is 0 Å². The Labute approximate surface area is 318 Å². The quantitative estimate of drug-likeness (QED) is 0.177. The van der Waals surface area contributed by atoms with Crippen LogP contribution in [0.5, 0.6) is 0 Å². The molecule has 8 aromatic carbocycles. The third kappa shape index (κ3) is 5.08. The summed E-state index contributed by atoms with van der Waals surface area (Å²) in [6.07, 6.45) is 0. The van der Waals surface area contributed by atoms with E-state index in [0.29, 0.717) is 0 Å². The zero-order chi connectivity index (χ0) is 35.6. The normalized spacial score (nSPS) is 12.0. The summed E-state index contributed by atoms with van der Waals surface area (Å²) >= 11 is 1.88. The molecule has 0 aliphatic carbocycles. The van der Waals surface area contributed by atoms with E-state index < -0.39 is 0 Å². The van der Waals surface area contributed by atoms with E-state index >= 15 is 0 Å². The molecule has 252 valence electrons. The number of benzene rings is 8. The fourth-order valence-electron chi connectivity index (χ4n) is 8.19. The third-order valence-electron chi connectivity index (χ3n) is 10.8. The standard InChI is InChI=1S/C51H32N2S/c1-3-11-33(12-4-1)39-31-45(34-13-5-2-6-14-34)52-46(32-39)35-21-25-40(26-22-35)53-47-19-8-7-17-41(47)43-29-37(23-27-48(43)53)38-24-28-49-44(30-38)42-18-9-15-36-16-10-20-50(54-49)51(36)42/h1-32H. The van der Waals surface area contributed by atoms with E-state index in [9.17, 15) is 0 Å². The lowest BCUT2D eigenvalue weighted by Crippen LogP contribution is -1.95. The molecule has 1 aliphatic rings. The van der Waals surface area contributed by atoms with Crippen molar-refractivity contribution in [2.45, 2.75) is 9.79 Å². The molecule has 0 spiro atoms. The fourth-order valence-corrected chi connectivity index (χ4v) is 9.32. The van der Waals surface area contributed by atoms with Gasteiger partial charge in [0.25, 0.3) is 0 Å². The van der Waals surface area contributed by atoms with Crippen LogP contribution in [0.3, 0.4) is 0 Å². The number of aromatic nitrogens is 2. The van der Waals surface area contributed by atoms with E-state index in [-0.39, 0.29) is 0 Å². The molecule has 0 fully saturated rings. The maximum absolute atomic E-state index is 5.17. The van der Waals surface area contributed by atoms with Crippen molar-refractivity contribution in [3.8, 4) is 61.6 Å². The predicted octanol–water partition coefficient (Wildman–Crippen LogP) is 14.1. The topological polar surface area (TPSA) is 17.8 Å². The first-order chi connectivity index (χ1) is 26.7. The van der Waals surface area contributed by atoms with Crippen molar-refractivity contribution in [1.29, 1.82) is 0 Å². The minimum absolute atomic E-state index is 0.955. The number of hydrogen-bond donors (Lipinski definition) is 0. The van der Waals surface area contributed by atoms with Crippen LogP contribution in [0.25, 0.3) is 94.2 Å². The second kappa shape index (κ2) is 12.5. The highest BCUT2D eigenvalue weighted by atomic mass is 32.2. The number of nitrogens with zero attached hydrogens (tertiary/aromatic N) is 2. The second-order valence-corrected chi connectivity index (χ2v) is 15.0. The largest absolute Gasteiger partial charge is 0.309 e. The molecule has 3 heteroatoms. The number of para-hydroxylation sites is 1. The van der Waals surface area contributed by atoms with Gasteiger partial charge in [-0.25, -0.2) is 4.98 Å². The highest BCUT2D eigenvalue weighted by Gasteiger charge is 2.20. The van der Waals surface area contributed by atoms with Gasteiger partial charge in [0, 0.05) is 42.8 Å². The van der Waals surface area contributed by atoms with Crippen molar-refractivity contribution in [3.63, 3.8) is 0 Å². The molecule has 0 saturated carbocycles. The lowest BCUT2D eigenvalue weighted by molar-refractivity contribution is 1.18. The molecule has 0 N–H and O–H groups in total. The molecule has 0 saturated heterocycles. The molecule has 0 unspecified atom stereocenters. The molecule has 10 aromatic rings. The number of hydrogen-bond acceptors (Lipinski definition) is 2. The highest BCUT2D eigenvalue weighted by molar-refractivity contribution is 7.99. The molecule has 1 aliphatic heterocycles. The van der Waals surface area contributed by atoms with Gasteiger partial charge in [-0.15, -0.1) is 0 Å². The van der Waals surface area contributed by atoms with E-state index in [4.69, 9.17) is 4.98 Å². The van der Waals surface area contributed by atoms with Gasteiger partial charge in [0.2, 0.25) is 0 Å². The second-order valence-electron chi connectivity index (χ2n) is 14.0. The summed E-state index contributed by atoms with van der Waals surface area (Å²) in [5.74, 6) is 0. The maximum Gasteiger partial charge on any atom is 0.0715 e. The van der Waals surface area contributed by atoms with Gasteiger partial charge in [-0.3, -0.25) is 0 Å². The van der Waals surface area contributed by atoms with Crippen LogP contribution in [0.1, 0.15) is 0 Å². The van der Waals surface area contributed by atoms with Crippen molar-refractivity contribution in [2.75, 3.05) is 0 Å². The Morgan fingerprint density at radius 3 is 1.80 bits per heavy atom. The van der Waals surface area contributed by atoms with Crippen LogP contribution in [0.15, 0.2) is 204 Å². The first-order valence-corrected chi connectivity index (χ1v) is 19.2. The molecule has 3 heterocycles. The Hall–Kier alpha value is -6.68. The molecule has 0 radical (unpaired) electrons. The lowest BCUT2D eigenvalue weighted by atomic mass is 9.94. The average molecular weight is 705 g/mol. The zero-order valence-electron chi connectivity index (χ0n) is 29.3. The SMILES string of the molecule is c1ccc(-c2cc(-c3ccccc3)nc(-c3ccc(-n4c5ccccc5c5cc(-c6ccc7c(c6)-c6cccc8cccc(c68)S7)ccc54)cc3)c2)cc1. The van der Waals surface area contributed by atoms with E-state index in [1.165, 1.54) is 70.2 Å². The summed E-state index contributed by atoms with van der Waals surface area (Å²) in [7, 11) is 0. The van der Waals surface area contributed by atoms with E-state index in [1.54, 1.807) is 0 Å². The van der Waals surface area contributed by atoms with Crippen LogP contribution in [-0.2, 0) is 0 Å². The van der Waals surface area contributed by atoms with Crippen LogP contribution in [0, 0.1) is 0 Å². The summed E-state index contributed by atoms with van der Waals surface area (Å²) in [6, 6.07) is 70.2. The lowest BCUT2D eigenvalue weighted by Gasteiger charge is -2.21. The van der Waals surface area contributed by atoms with Gasteiger partial charge in [-0.2, -0.15) is 0 Å². The van der Waals surface area contributed by atoms with Crippen molar-refractivity contribution < 1.29 is 0 Å². The van der Waals surface area contributed by atoms with E-state index in [0.717, 1.165) is 33.8 Å². The zero-order valence-corrected chi connectivity index (χ0v) is 30.1. The summed E-state index contributed by atoms with van der Waals surface area (Å²) in [4.78, 5) is 7.81. The molecular formula is C51H32N2S. The van der Waals surface area contributed by atoms with Crippen LogP contribution >= 0.6 is 11.8 Å². The van der Waals surface area contributed by atoms with Crippen LogP contribution < -0.4 is 0 Å². The van der Waals surface area contributed by atoms with Crippen molar-refractivity contribution in [2.24, 2.45) is 0 Å². The molecule has 0 atom stereocenters. The highest BCUT2D eigenvalue weighted by Crippen LogP contribution is 2.49. The van der Waals surface area contributed by atoms with Crippen LogP contribution in [0.2, 0.25) is 0 Å². The predicted molar refractivity (Wildman–Crippen MR) is 227 cm³/mol. The number of pyridine rings is 1. The van der Waals surface area contributed by atoms with Gasteiger partial charge in [0.1, 0.15) is 0 Å². The summed E-state index contributed by atoms with van der Waals surface area (Å²) in [6.45, 7) is 0. The van der Waals surface area contributed by atoms with E-state index in [1.807, 2.05) is 17.8 Å². The summed E-state index contributed by atoms with van der Waals surface area (Å²) in [5, 5.41) is 5.15. The van der Waals surface area contributed by atoms with Crippen molar-refractivity contribution in [1.82, 2.24) is 9.55 Å². The van der Waals surface area contributed by atoms with Crippen molar-refractivity contribution >= 4 is 44.3 Å². The fraction of sp³-hybridized carbons (Fsp3) is 0. The Morgan fingerprint density at radius 2 is 1.00 bits per heavy atom. The first kappa shape index (κ1) is 30.9. The smallest absolute Gasteiger partial charge is 0.0715 e. The number of fused-ring (bicyclic) bond motifs is 5. The monoisotopic (exact) mass is 704 g/mol. The Morgan fingerprint density at radius 1 is 0.370 bits per heavy atom. The van der Waals surface area contributed by atoms with Gasteiger partial charge in [-0.05, 0) is 99.4 Å². The van der Waals surface area contributed by atoms with Crippen molar-refractivity contribution in [3.05, 3.63) is 194 Å². The molecule has 0 bridgehead atoms. The Kier molecular flexibility index (Phi) is 7.14. The molecule has 2 aromatic heterocycles.